The first-order valence-electron chi connectivity index (χ1n) is 21.1. The third kappa shape index (κ3) is 4.22. The molecule has 0 saturated carbocycles. The van der Waals surface area contributed by atoms with Crippen molar-refractivity contribution in [3.63, 3.8) is 0 Å². The Balaban J connectivity index is 1.31. The molecule has 0 unspecified atom stereocenters. The maximum absolute atomic E-state index is 9.51. The summed E-state index contributed by atoms with van der Waals surface area (Å²) in [5, 5.41) is 4.09. The van der Waals surface area contributed by atoms with E-state index in [0.717, 1.165) is 49.3 Å². The van der Waals surface area contributed by atoms with Crippen LogP contribution in [0.4, 0.5) is 0 Å². The van der Waals surface area contributed by atoms with E-state index in [2.05, 4.69) is 51.6 Å². The minimum absolute atomic E-state index is 0.0893. The average Bonchev–Trinajstić information content (AvgIpc) is 3.88. The largest absolute Gasteiger partial charge is 0.307 e. The number of hydrogen-bond donors (Lipinski definition) is 0. The van der Waals surface area contributed by atoms with Crippen LogP contribution < -0.4 is 0 Å². The number of rotatable bonds is 4. The van der Waals surface area contributed by atoms with Crippen molar-refractivity contribution in [1.29, 1.82) is 0 Å². The molecular formula is C48H33N5. The van der Waals surface area contributed by atoms with E-state index in [4.69, 9.17) is 21.8 Å². The Labute approximate surface area is 316 Å². The molecule has 0 atom stereocenters. The molecule has 7 aromatic carbocycles. The van der Waals surface area contributed by atoms with Crippen molar-refractivity contribution < 1.29 is 9.60 Å². The van der Waals surface area contributed by atoms with Crippen LogP contribution in [0.3, 0.4) is 0 Å². The van der Waals surface area contributed by atoms with Gasteiger partial charge in [0.05, 0.1) is 31.7 Å². The van der Waals surface area contributed by atoms with Crippen LogP contribution in [0, 0.1) is 0 Å². The fourth-order valence-electron chi connectivity index (χ4n) is 8.33. The first-order chi connectivity index (χ1) is 29.0. The van der Waals surface area contributed by atoms with E-state index in [1.54, 1.807) is 0 Å². The zero-order valence-corrected chi connectivity index (χ0v) is 28.8. The second-order valence-electron chi connectivity index (χ2n) is 13.9. The summed E-state index contributed by atoms with van der Waals surface area (Å²) in [6.45, 7) is 3.66. The van der Waals surface area contributed by atoms with Gasteiger partial charge in [-0.05, 0) is 46.5 Å². The first-order valence-corrected chi connectivity index (χ1v) is 17.6. The van der Waals surface area contributed by atoms with Gasteiger partial charge in [-0.15, -0.1) is 0 Å². The highest BCUT2D eigenvalue weighted by Crippen LogP contribution is 2.52. The fourth-order valence-corrected chi connectivity index (χ4v) is 8.33. The molecule has 0 N–H and O–H groups in total. The lowest BCUT2D eigenvalue weighted by molar-refractivity contribution is 0.661. The Hall–Kier alpha value is -6.85. The van der Waals surface area contributed by atoms with Crippen LogP contribution in [0.1, 0.15) is 34.6 Å². The van der Waals surface area contributed by atoms with Gasteiger partial charge in [0.15, 0.2) is 11.6 Å². The van der Waals surface area contributed by atoms with Crippen LogP contribution >= 0.6 is 0 Å². The van der Waals surface area contributed by atoms with E-state index in [9.17, 15) is 2.74 Å². The third-order valence-electron chi connectivity index (χ3n) is 10.6. The monoisotopic (exact) mass is 686 g/mol. The van der Waals surface area contributed by atoms with Crippen LogP contribution in [0.2, 0.25) is 0 Å². The molecule has 1 aliphatic carbocycles. The predicted molar refractivity (Wildman–Crippen MR) is 217 cm³/mol. The van der Waals surface area contributed by atoms with Crippen molar-refractivity contribution in [2.75, 3.05) is 0 Å². The second-order valence-corrected chi connectivity index (χ2v) is 13.9. The Morgan fingerprint density at radius 1 is 0.491 bits per heavy atom. The van der Waals surface area contributed by atoms with Crippen molar-refractivity contribution in [2.45, 2.75) is 19.3 Å². The SMILES string of the molecule is [2H]c1c([2H])c([2H])c2c(c1[2H])-c1c([2H])c([2H])c([2H])c(-c3nc(-c4ccccc4)nc(-n4c5ccccc5c5ccc6c7ccccc7n(-c7ccccc7)c6c54)n3)c1C2(C)C. The molecule has 11 rings (SSSR count). The van der Waals surface area contributed by atoms with Crippen LogP contribution in [0.15, 0.2) is 164 Å². The topological polar surface area (TPSA) is 48.5 Å². The van der Waals surface area contributed by atoms with Crippen molar-refractivity contribution in [2.24, 2.45) is 0 Å². The van der Waals surface area contributed by atoms with Crippen LogP contribution in [0.5, 0.6) is 0 Å². The summed E-state index contributed by atoms with van der Waals surface area (Å²) in [5.74, 6) is 0.686. The summed E-state index contributed by atoms with van der Waals surface area (Å²) >= 11 is 0. The molecule has 0 bridgehead atoms. The maximum atomic E-state index is 9.51. The van der Waals surface area contributed by atoms with Gasteiger partial charge in [-0.2, -0.15) is 9.97 Å². The van der Waals surface area contributed by atoms with Gasteiger partial charge in [-0.25, -0.2) is 4.98 Å². The molecule has 0 amide bonds. The Kier molecular flexibility index (Phi) is 4.93. The molecule has 0 fully saturated rings. The number of para-hydroxylation sites is 3. The summed E-state index contributed by atoms with van der Waals surface area (Å²) in [7, 11) is 0. The Morgan fingerprint density at radius 3 is 1.79 bits per heavy atom. The Morgan fingerprint density at radius 2 is 1.06 bits per heavy atom. The fraction of sp³-hybridized carbons (Fsp3) is 0.0625. The molecule has 0 saturated heterocycles. The summed E-state index contributed by atoms with van der Waals surface area (Å²) in [6, 6.07) is 38.2. The maximum Gasteiger partial charge on any atom is 0.238 e. The molecular weight excluding hydrogens is 647 g/mol. The normalized spacial score (nSPS) is 15.1. The first kappa shape index (κ1) is 23.6. The van der Waals surface area contributed by atoms with Crippen LogP contribution in [-0.2, 0) is 5.41 Å². The molecule has 0 spiro atoms. The van der Waals surface area contributed by atoms with E-state index >= 15 is 0 Å². The summed E-state index contributed by atoms with van der Waals surface area (Å²) in [6.07, 6.45) is 0. The Bertz CT molecular complexity index is 3490. The summed E-state index contributed by atoms with van der Waals surface area (Å²) in [4.78, 5) is 15.5. The smallest absolute Gasteiger partial charge is 0.238 e. The second kappa shape index (κ2) is 11.1. The van der Waals surface area contributed by atoms with Gasteiger partial charge in [0.2, 0.25) is 5.95 Å². The van der Waals surface area contributed by atoms with E-state index in [-0.39, 0.29) is 58.7 Å². The number of aromatic nitrogens is 5. The third-order valence-corrected chi connectivity index (χ3v) is 10.6. The molecule has 250 valence electrons. The van der Waals surface area contributed by atoms with Gasteiger partial charge in [0.1, 0.15) is 0 Å². The quantitative estimate of drug-likeness (QED) is 0.185. The van der Waals surface area contributed by atoms with Crippen LogP contribution in [-0.4, -0.2) is 24.1 Å². The van der Waals surface area contributed by atoms with Crippen molar-refractivity contribution in [3.8, 4) is 45.5 Å². The molecule has 3 aromatic heterocycles. The number of hydrogen-bond acceptors (Lipinski definition) is 3. The average molecular weight is 687 g/mol. The lowest BCUT2D eigenvalue weighted by atomic mass is 9.80. The van der Waals surface area contributed by atoms with Gasteiger partial charge >= 0.3 is 0 Å². The molecule has 3 heterocycles. The molecule has 5 nitrogen and oxygen atoms in total. The van der Waals surface area contributed by atoms with E-state index in [0.29, 0.717) is 22.5 Å². The lowest BCUT2D eigenvalue weighted by Crippen LogP contribution is -2.17. The highest BCUT2D eigenvalue weighted by Gasteiger charge is 2.38. The predicted octanol–water partition coefficient (Wildman–Crippen LogP) is 11.7. The number of fused-ring (bicyclic) bond motifs is 10. The van der Waals surface area contributed by atoms with Crippen LogP contribution in [0.25, 0.3) is 89.2 Å². The molecule has 1 aliphatic rings. The van der Waals surface area contributed by atoms with Gasteiger partial charge in [-0.1, -0.05) is 153 Å². The van der Waals surface area contributed by atoms with Gasteiger partial charge in [0, 0.05) is 43.8 Å². The van der Waals surface area contributed by atoms with E-state index < -0.39 is 17.5 Å². The zero-order chi connectivity index (χ0) is 41.4. The molecule has 53 heavy (non-hydrogen) atoms. The van der Waals surface area contributed by atoms with Crippen molar-refractivity contribution in [1.82, 2.24) is 24.1 Å². The van der Waals surface area contributed by atoms with E-state index in [1.807, 2.05) is 92.7 Å². The minimum atomic E-state index is -1.13. The molecule has 0 aliphatic heterocycles. The van der Waals surface area contributed by atoms with Gasteiger partial charge in [-0.3, -0.25) is 4.57 Å². The standard InChI is InChI=1S/C48H33N5/c1-48(2)39-25-12-9-20-32(39)35-23-15-24-38(42(35)48)46-49-45(30-16-5-3-6-17-30)50-47(51-46)53-41-27-14-11-22-34(41)37-29-28-36-33-21-10-13-26-40(33)52(43(36)44(37)53)31-18-7-4-8-19-31/h3-29H,1-2H3/i9D,12D,15D,20D,23D,24D,25D. The number of benzene rings is 7. The minimum Gasteiger partial charge on any atom is -0.307 e. The molecule has 0 radical (unpaired) electrons. The van der Waals surface area contributed by atoms with Crippen molar-refractivity contribution >= 4 is 43.6 Å². The zero-order valence-electron chi connectivity index (χ0n) is 35.8. The van der Waals surface area contributed by atoms with Gasteiger partial charge < -0.3 is 4.57 Å². The number of nitrogens with zero attached hydrogens (tertiary/aromatic N) is 5. The molecule has 10 aromatic rings. The summed E-state index contributed by atoms with van der Waals surface area (Å²) < 4.78 is 67.3. The lowest BCUT2D eigenvalue weighted by Gasteiger charge is -2.24. The molecule has 5 heteroatoms. The highest BCUT2D eigenvalue weighted by atomic mass is 15.2. The highest BCUT2D eigenvalue weighted by molar-refractivity contribution is 6.23. The van der Waals surface area contributed by atoms with Crippen molar-refractivity contribution in [3.05, 3.63) is 175 Å². The van der Waals surface area contributed by atoms with Gasteiger partial charge in [0.25, 0.3) is 0 Å². The van der Waals surface area contributed by atoms with E-state index in [1.165, 1.54) is 0 Å². The summed E-state index contributed by atoms with van der Waals surface area (Å²) in [5.41, 5.74) is 5.47.